The summed E-state index contributed by atoms with van der Waals surface area (Å²) in [4.78, 5) is 11.1. The van der Waals surface area contributed by atoms with Crippen LogP contribution in [0.15, 0.2) is 42.5 Å². The van der Waals surface area contributed by atoms with Crippen molar-refractivity contribution in [3.05, 3.63) is 57.2 Å². The van der Waals surface area contributed by atoms with Crippen molar-refractivity contribution in [3.63, 3.8) is 0 Å². The van der Waals surface area contributed by atoms with Crippen molar-refractivity contribution in [2.75, 3.05) is 12.9 Å². The summed E-state index contributed by atoms with van der Waals surface area (Å²) < 4.78 is 12.4. The van der Waals surface area contributed by atoms with Gasteiger partial charge in [0.25, 0.3) is 0 Å². The molecule has 1 aliphatic heterocycles. The maximum Gasteiger partial charge on any atom is 0.321 e. The van der Waals surface area contributed by atoms with Crippen LogP contribution < -0.4 is 14.8 Å². The number of carboxylic acid groups (broad SMARTS) is 1. The molecule has 3 rings (SSSR count). The first kappa shape index (κ1) is 18.3. The molecule has 2 aromatic rings. The predicted octanol–water partition coefficient (Wildman–Crippen LogP) is 3.67. The summed E-state index contributed by atoms with van der Waals surface area (Å²) in [6.45, 7) is 0.462. The Morgan fingerprint density at radius 3 is 2.76 bits per heavy atom. The van der Waals surface area contributed by atoms with E-state index in [-0.39, 0.29) is 5.37 Å². The van der Waals surface area contributed by atoms with Crippen LogP contribution in [0.2, 0.25) is 0 Å². The van der Waals surface area contributed by atoms with Crippen molar-refractivity contribution in [2.45, 2.75) is 18.0 Å². The number of rotatable bonds is 6. The lowest BCUT2D eigenvalue weighted by Crippen LogP contribution is -2.33. The summed E-state index contributed by atoms with van der Waals surface area (Å²) in [5, 5.41) is 12.2. The smallest absolute Gasteiger partial charge is 0.321 e. The number of methoxy groups -OCH3 is 1. The minimum Gasteiger partial charge on any atom is -0.493 e. The highest BCUT2D eigenvalue weighted by molar-refractivity contribution is 14.1. The van der Waals surface area contributed by atoms with Crippen molar-refractivity contribution in [1.82, 2.24) is 5.32 Å². The van der Waals surface area contributed by atoms with Gasteiger partial charge in [0.15, 0.2) is 11.5 Å². The molecule has 0 spiro atoms. The zero-order valence-electron chi connectivity index (χ0n) is 13.6. The Hall–Kier alpha value is -1.45. The minimum absolute atomic E-state index is 0.0633. The van der Waals surface area contributed by atoms with Crippen LogP contribution in [-0.2, 0) is 11.4 Å². The summed E-state index contributed by atoms with van der Waals surface area (Å²) in [5.41, 5.74) is 2.07. The normalized spacial score (nSPS) is 19.6. The second-order valence-corrected chi connectivity index (χ2v) is 7.88. The van der Waals surface area contributed by atoms with E-state index in [1.54, 1.807) is 18.9 Å². The van der Waals surface area contributed by atoms with Gasteiger partial charge in [-0.25, -0.2) is 0 Å². The summed E-state index contributed by atoms with van der Waals surface area (Å²) in [6.07, 6.45) is 0. The van der Waals surface area contributed by atoms with Gasteiger partial charge in [-0.3, -0.25) is 10.1 Å². The molecular formula is C18H18INO4S. The molecule has 1 aliphatic rings. The molecule has 2 N–H and O–H groups in total. The quantitative estimate of drug-likeness (QED) is 0.627. The second-order valence-electron chi connectivity index (χ2n) is 5.58. The third-order valence-corrected chi connectivity index (χ3v) is 5.93. The highest BCUT2D eigenvalue weighted by Gasteiger charge is 2.31. The number of carbonyl (C=O) groups is 1. The first-order valence-electron chi connectivity index (χ1n) is 7.73. The third-order valence-electron chi connectivity index (χ3n) is 3.86. The summed E-state index contributed by atoms with van der Waals surface area (Å²) in [7, 11) is 1.61. The molecule has 0 amide bonds. The van der Waals surface area contributed by atoms with Crippen molar-refractivity contribution in [2.24, 2.45) is 0 Å². The van der Waals surface area contributed by atoms with E-state index in [0.717, 1.165) is 14.7 Å². The molecule has 7 heteroatoms. The number of hydrogen-bond donors (Lipinski definition) is 2. The number of carboxylic acids is 1. The van der Waals surface area contributed by atoms with Gasteiger partial charge in [-0.15, -0.1) is 11.8 Å². The summed E-state index contributed by atoms with van der Waals surface area (Å²) >= 11 is 3.81. The maximum absolute atomic E-state index is 11.1. The van der Waals surface area contributed by atoms with Crippen LogP contribution in [0, 0.1) is 3.57 Å². The number of thioether (sulfide) groups is 1. The van der Waals surface area contributed by atoms with Crippen molar-refractivity contribution < 1.29 is 19.4 Å². The Morgan fingerprint density at radius 2 is 2.12 bits per heavy atom. The summed E-state index contributed by atoms with van der Waals surface area (Å²) in [6, 6.07) is 13.4. The van der Waals surface area contributed by atoms with E-state index in [1.807, 2.05) is 42.5 Å². The van der Waals surface area contributed by atoms with Gasteiger partial charge in [0, 0.05) is 5.75 Å². The first-order chi connectivity index (χ1) is 12.1. The van der Waals surface area contributed by atoms with Crippen molar-refractivity contribution in [1.29, 1.82) is 0 Å². The minimum atomic E-state index is -0.820. The van der Waals surface area contributed by atoms with Gasteiger partial charge in [-0.1, -0.05) is 30.3 Å². The van der Waals surface area contributed by atoms with Crippen LogP contribution in [-0.4, -0.2) is 30.0 Å². The molecule has 2 aromatic carbocycles. The molecule has 0 unspecified atom stereocenters. The fourth-order valence-corrected chi connectivity index (χ4v) is 4.56. The van der Waals surface area contributed by atoms with E-state index < -0.39 is 12.0 Å². The lowest BCUT2D eigenvalue weighted by Gasteiger charge is -2.17. The van der Waals surface area contributed by atoms with E-state index in [2.05, 4.69) is 27.9 Å². The van der Waals surface area contributed by atoms with E-state index in [0.29, 0.717) is 23.9 Å². The zero-order chi connectivity index (χ0) is 17.8. The molecule has 1 heterocycles. The lowest BCUT2D eigenvalue weighted by atomic mass is 10.2. The Labute approximate surface area is 164 Å². The fourth-order valence-electron chi connectivity index (χ4n) is 2.57. The molecule has 132 valence electrons. The van der Waals surface area contributed by atoms with Gasteiger partial charge in [-0.05, 0) is 45.9 Å². The molecule has 0 bridgehead atoms. The van der Waals surface area contributed by atoms with Gasteiger partial charge in [0.05, 0.1) is 16.1 Å². The molecule has 0 aromatic heterocycles. The van der Waals surface area contributed by atoms with Crippen LogP contribution in [0.1, 0.15) is 16.5 Å². The summed E-state index contributed by atoms with van der Waals surface area (Å²) in [5.74, 6) is 1.08. The SMILES string of the molecule is COc1cc([C@@H]2N[C@H](C(=O)O)CS2)cc(I)c1OCc1ccccc1. The predicted molar refractivity (Wildman–Crippen MR) is 106 cm³/mol. The van der Waals surface area contributed by atoms with Crippen LogP contribution >= 0.6 is 34.4 Å². The van der Waals surface area contributed by atoms with Gasteiger partial charge in [0.2, 0.25) is 0 Å². The Morgan fingerprint density at radius 1 is 1.36 bits per heavy atom. The largest absolute Gasteiger partial charge is 0.493 e. The van der Waals surface area contributed by atoms with E-state index >= 15 is 0 Å². The van der Waals surface area contributed by atoms with Crippen LogP contribution in [0.3, 0.4) is 0 Å². The molecule has 2 atom stereocenters. The maximum atomic E-state index is 11.1. The van der Waals surface area contributed by atoms with Crippen LogP contribution in [0.4, 0.5) is 0 Å². The standard InChI is InChI=1S/C18H18INO4S/c1-23-15-8-12(17-20-14(10-25-17)18(21)22)7-13(19)16(15)24-9-11-5-3-2-4-6-11/h2-8,14,17,20H,9-10H2,1H3,(H,21,22)/t14-,17+/m0/s1. The van der Waals surface area contributed by atoms with Crippen molar-refractivity contribution in [3.8, 4) is 11.5 Å². The highest BCUT2D eigenvalue weighted by atomic mass is 127. The molecule has 25 heavy (non-hydrogen) atoms. The number of hydrogen-bond acceptors (Lipinski definition) is 5. The van der Waals surface area contributed by atoms with Crippen LogP contribution in [0.5, 0.6) is 11.5 Å². The number of benzene rings is 2. The van der Waals surface area contributed by atoms with E-state index in [1.165, 1.54) is 0 Å². The molecule has 0 saturated carbocycles. The number of aliphatic carboxylic acids is 1. The molecule has 1 saturated heterocycles. The molecule has 5 nitrogen and oxygen atoms in total. The third kappa shape index (κ3) is 4.39. The zero-order valence-corrected chi connectivity index (χ0v) is 16.5. The Balaban J connectivity index is 1.78. The Bertz CT molecular complexity index is 756. The monoisotopic (exact) mass is 471 g/mol. The van der Waals surface area contributed by atoms with Gasteiger partial charge in [-0.2, -0.15) is 0 Å². The second kappa shape index (κ2) is 8.29. The topological polar surface area (TPSA) is 67.8 Å². The molecule has 0 radical (unpaired) electrons. The van der Waals surface area contributed by atoms with Gasteiger partial charge in [0.1, 0.15) is 12.6 Å². The highest BCUT2D eigenvalue weighted by Crippen LogP contribution is 2.40. The number of nitrogens with one attached hydrogen (secondary N) is 1. The van der Waals surface area contributed by atoms with Crippen molar-refractivity contribution >= 4 is 40.3 Å². The van der Waals surface area contributed by atoms with Crippen LogP contribution in [0.25, 0.3) is 0 Å². The van der Waals surface area contributed by atoms with E-state index in [9.17, 15) is 4.79 Å². The lowest BCUT2D eigenvalue weighted by molar-refractivity contribution is -0.138. The average Bonchev–Trinajstić information content (AvgIpc) is 3.11. The van der Waals surface area contributed by atoms with Gasteiger partial charge < -0.3 is 14.6 Å². The molecule has 0 aliphatic carbocycles. The Kier molecular flexibility index (Phi) is 6.08. The number of halogens is 1. The first-order valence-corrected chi connectivity index (χ1v) is 9.86. The number of ether oxygens (including phenoxy) is 2. The molecular weight excluding hydrogens is 453 g/mol. The average molecular weight is 471 g/mol. The molecule has 1 fully saturated rings. The van der Waals surface area contributed by atoms with E-state index in [4.69, 9.17) is 14.6 Å². The fraction of sp³-hybridized carbons (Fsp3) is 0.278. The van der Waals surface area contributed by atoms with Gasteiger partial charge >= 0.3 is 5.97 Å².